The molecule has 5 rings (SSSR count). The Morgan fingerprint density at radius 3 is 2.70 bits per heavy atom. The summed E-state index contributed by atoms with van der Waals surface area (Å²) in [5.41, 5.74) is -0.366. The maximum atomic E-state index is 12.8. The zero-order valence-electron chi connectivity index (χ0n) is 16.6. The normalized spacial score (nSPS) is 31.8. The molecule has 1 amide bonds. The third-order valence-electron chi connectivity index (χ3n) is 6.73. The van der Waals surface area contributed by atoms with Crippen LogP contribution in [0.25, 0.3) is 0 Å². The first kappa shape index (κ1) is 18.9. The van der Waals surface area contributed by atoms with E-state index in [-0.39, 0.29) is 11.8 Å². The molecule has 0 radical (unpaired) electrons. The topological polar surface area (TPSA) is 83.3 Å². The molecule has 7 nitrogen and oxygen atoms in total. The first-order valence-corrected chi connectivity index (χ1v) is 10.6. The number of fused-ring (bicyclic) bond motifs is 3. The largest absolute Gasteiger partial charge is 0.384 e. The van der Waals surface area contributed by atoms with Gasteiger partial charge in [-0.15, -0.1) is 5.10 Å². The van der Waals surface area contributed by atoms with Crippen LogP contribution in [0.3, 0.4) is 0 Å². The lowest BCUT2D eigenvalue weighted by Crippen LogP contribution is -2.58. The number of aliphatic hydroxyl groups is 1. The monoisotopic (exact) mass is 375 g/mol. The minimum atomic E-state index is -0.966. The molecule has 1 unspecified atom stereocenters. The van der Waals surface area contributed by atoms with Crippen LogP contribution in [0.2, 0.25) is 0 Å². The maximum Gasteiger partial charge on any atom is 0.224 e. The Morgan fingerprint density at radius 2 is 2.07 bits per heavy atom. The van der Waals surface area contributed by atoms with Gasteiger partial charge < -0.3 is 10.4 Å². The van der Waals surface area contributed by atoms with Gasteiger partial charge in [0, 0.05) is 18.6 Å². The summed E-state index contributed by atoms with van der Waals surface area (Å²) in [4.78, 5) is 15.3. The van der Waals surface area contributed by atoms with Gasteiger partial charge in [-0.05, 0) is 52.0 Å². The van der Waals surface area contributed by atoms with Crippen molar-refractivity contribution in [2.45, 2.75) is 83.0 Å². The smallest absolute Gasteiger partial charge is 0.224 e. The molecule has 2 bridgehead atoms. The van der Waals surface area contributed by atoms with E-state index < -0.39 is 5.60 Å². The van der Waals surface area contributed by atoms with E-state index in [0.29, 0.717) is 23.7 Å². The van der Waals surface area contributed by atoms with Gasteiger partial charge >= 0.3 is 0 Å². The molecule has 4 fully saturated rings. The number of nitrogens with zero attached hydrogens (tertiary/aromatic N) is 4. The molecule has 4 heterocycles. The first-order valence-electron chi connectivity index (χ1n) is 10.6. The second kappa shape index (κ2) is 7.51. The van der Waals surface area contributed by atoms with E-state index in [0.717, 1.165) is 45.3 Å². The first-order chi connectivity index (χ1) is 12.9. The van der Waals surface area contributed by atoms with Crippen LogP contribution in [0.15, 0.2) is 6.20 Å². The van der Waals surface area contributed by atoms with Crippen LogP contribution < -0.4 is 5.32 Å². The van der Waals surface area contributed by atoms with Crippen LogP contribution in [0, 0.1) is 11.8 Å². The van der Waals surface area contributed by atoms with Crippen LogP contribution >= 0.6 is 0 Å². The van der Waals surface area contributed by atoms with Crippen molar-refractivity contribution < 1.29 is 9.90 Å². The number of aromatic nitrogens is 3. The molecule has 3 aliphatic heterocycles. The minimum Gasteiger partial charge on any atom is -0.384 e. The Hall–Kier alpha value is -1.47. The Morgan fingerprint density at radius 1 is 1.30 bits per heavy atom. The van der Waals surface area contributed by atoms with E-state index >= 15 is 0 Å². The maximum absolute atomic E-state index is 12.8. The Balaban J connectivity index is 1.34. The molecule has 1 aromatic rings. The number of amides is 1. The molecule has 2 N–H and O–H groups in total. The van der Waals surface area contributed by atoms with Gasteiger partial charge in [0.1, 0.15) is 11.3 Å². The molecule has 27 heavy (non-hydrogen) atoms. The fraction of sp³-hybridized carbons (Fsp3) is 0.850. The van der Waals surface area contributed by atoms with E-state index in [2.05, 4.69) is 20.5 Å². The Kier molecular flexibility index (Phi) is 5.25. The number of hydrogen-bond donors (Lipinski definition) is 2. The lowest BCUT2D eigenvalue weighted by Gasteiger charge is -2.49. The number of nitrogens with one attached hydrogen (secondary N) is 1. The van der Waals surface area contributed by atoms with Crippen LogP contribution in [0.1, 0.15) is 64.5 Å². The van der Waals surface area contributed by atoms with Gasteiger partial charge in [0.2, 0.25) is 5.91 Å². The van der Waals surface area contributed by atoms with Crippen LogP contribution in [0.4, 0.5) is 0 Å². The predicted octanol–water partition coefficient (Wildman–Crippen LogP) is 1.66. The molecule has 0 aromatic carbocycles. The predicted molar refractivity (Wildman–Crippen MR) is 102 cm³/mol. The SMILES string of the molecule is CC(C)(O)c1cn(C[C@H]2C[C@H]3CCN2C[C@@H]3C(=O)NC2CCCCC2)nn1. The average molecular weight is 376 g/mol. The highest BCUT2D eigenvalue weighted by molar-refractivity contribution is 5.79. The van der Waals surface area contributed by atoms with Crippen molar-refractivity contribution in [3.8, 4) is 0 Å². The molecule has 1 saturated carbocycles. The number of rotatable bonds is 5. The molecule has 1 aliphatic carbocycles. The summed E-state index contributed by atoms with van der Waals surface area (Å²) in [6.07, 6.45) is 10.1. The summed E-state index contributed by atoms with van der Waals surface area (Å²) in [6, 6.07) is 0.798. The number of piperidine rings is 3. The van der Waals surface area contributed by atoms with Gasteiger partial charge in [-0.3, -0.25) is 14.4 Å². The molecule has 3 saturated heterocycles. The molecular formula is C20H33N5O2. The number of hydrogen-bond acceptors (Lipinski definition) is 5. The van der Waals surface area contributed by atoms with E-state index in [1.807, 2.05) is 10.9 Å². The van der Waals surface area contributed by atoms with Crippen LogP contribution in [-0.4, -0.2) is 56.1 Å². The van der Waals surface area contributed by atoms with Crippen molar-refractivity contribution in [2.75, 3.05) is 13.1 Å². The zero-order valence-corrected chi connectivity index (χ0v) is 16.6. The van der Waals surface area contributed by atoms with Gasteiger partial charge in [0.05, 0.1) is 18.7 Å². The molecular weight excluding hydrogens is 342 g/mol. The van der Waals surface area contributed by atoms with E-state index in [1.165, 1.54) is 19.3 Å². The number of carbonyl (C=O) groups is 1. The summed E-state index contributed by atoms with van der Waals surface area (Å²) >= 11 is 0. The van der Waals surface area contributed by atoms with E-state index in [9.17, 15) is 9.90 Å². The van der Waals surface area contributed by atoms with Crippen molar-refractivity contribution in [2.24, 2.45) is 11.8 Å². The second-order valence-corrected chi connectivity index (χ2v) is 9.27. The standard InChI is InChI=1S/C20H33N5O2/c1-20(2,27)18-13-25(23-22-18)11-16-10-14-8-9-24(16)12-17(14)19(26)21-15-6-4-3-5-7-15/h13-17,27H,3-12H2,1-2H3,(H,21,26)/t14-,16-,17+/m1/s1. The Labute approximate surface area is 161 Å². The van der Waals surface area contributed by atoms with E-state index in [4.69, 9.17) is 0 Å². The fourth-order valence-electron chi connectivity index (χ4n) is 5.06. The van der Waals surface area contributed by atoms with Crippen molar-refractivity contribution in [3.63, 3.8) is 0 Å². The van der Waals surface area contributed by atoms with Gasteiger partial charge in [0.25, 0.3) is 0 Å². The van der Waals surface area contributed by atoms with Crippen molar-refractivity contribution >= 4 is 5.91 Å². The van der Waals surface area contributed by atoms with Crippen LogP contribution in [-0.2, 0) is 16.9 Å². The van der Waals surface area contributed by atoms with Crippen molar-refractivity contribution in [1.82, 2.24) is 25.2 Å². The van der Waals surface area contributed by atoms with Gasteiger partial charge in [-0.1, -0.05) is 24.5 Å². The summed E-state index contributed by atoms with van der Waals surface area (Å²) in [7, 11) is 0. The van der Waals surface area contributed by atoms with Gasteiger partial charge in [-0.25, -0.2) is 0 Å². The Bertz CT molecular complexity index is 662. The third kappa shape index (κ3) is 4.19. The highest BCUT2D eigenvalue weighted by Crippen LogP contribution is 2.37. The fourth-order valence-corrected chi connectivity index (χ4v) is 5.06. The molecule has 150 valence electrons. The van der Waals surface area contributed by atoms with Gasteiger partial charge in [0.15, 0.2) is 0 Å². The molecule has 4 atom stereocenters. The summed E-state index contributed by atoms with van der Waals surface area (Å²) < 4.78 is 1.84. The summed E-state index contributed by atoms with van der Waals surface area (Å²) in [5, 5.41) is 21.7. The molecule has 1 aromatic heterocycles. The second-order valence-electron chi connectivity index (χ2n) is 9.27. The van der Waals surface area contributed by atoms with E-state index in [1.54, 1.807) is 13.8 Å². The quantitative estimate of drug-likeness (QED) is 0.818. The summed E-state index contributed by atoms with van der Waals surface area (Å²) in [6.45, 7) is 6.15. The minimum absolute atomic E-state index is 0.139. The van der Waals surface area contributed by atoms with Crippen molar-refractivity contribution in [1.29, 1.82) is 0 Å². The lowest BCUT2D eigenvalue weighted by molar-refractivity contribution is -0.134. The highest BCUT2D eigenvalue weighted by Gasteiger charge is 2.43. The highest BCUT2D eigenvalue weighted by atomic mass is 16.3. The lowest BCUT2D eigenvalue weighted by atomic mass is 9.75. The third-order valence-corrected chi connectivity index (χ3v) is 6.73. The van der Waals surface area contributed by atoms with Crippen molar-refractivity contribution in [3.05, 3.63) is 11.9 Å². The molecule has 7 heteroatoms. The zero-order chi connectivity index (χ0) is 19.0. The summed E-state index contributed by atoms with van der Waals surface area (Å²) in [5.74, 6) is 0.889. The van der Waals surface area contributed by atoms with Crippen LogP contribution in [0.5, 0.6) is 0 Å². The molecule has 0 spiro atoms. The van der Waals surface area contributed by atoms with Gasteiger partial charge in [-0.2, -0.15) is 0 Å². The average Bonchev–Trinajstić information content (AvgIpc) is 3.12. The molecule has 4 aliphatic rings. The number of carbonyl (C=O) groups excluding carboxylic acids is 1.